The molecule has 0 atom stereocenters. The first kappa shape index (κ1) is 11.2. The van der Waals surface area contributed by atoms with Crippen LogP contribution in [0.2, 0.25) is 0 Å². The van der Waals surface area contributed by atoms with Crippen molar-refractivity contribution in [2.45, 2.75) is 25.1 Å². The topological polar surface area (TPSA) is 37.8 Å². The van der Waals surface area contributed by atoms with Crippen LogP contribution in [0, 0.1) is 12.8 Å². The maximum atomic E-state index is 5.97. The molecule has 2 heterocycles. The molecule has 0 aromatic carbocycles. The minimum atomic E-state index is 0.385. The fourth-order valence-corrected chi connectivity index (χ4v) is 3.53. The van der Waals surface area contributed by atoms with Crippen molar-refractivity contribution in [1.82, 2.24) is 9.97 Å². The number of alkyl halides is 1. The molecule has 90 valence electrons. The molecule has 1 N–H and O–H groups in total. The lowest BCUT2D eigenvalue weighted by atomic mass is 9.85. The van der Waals surface area contributed by atoms with Gasteiger partial charge in [0.1, 0.15) is 17.0 Å². The van der Waals surface area contributed by atoms with Crippen molar-refractivity contribution in [3.63, 3.8) is 0 Å². The third-order valence-electron chi connectivity index (χ3n) is 3.19. The highest BCUT2D eigenvalue weighted by atomic mass is 35.5. The van der Waals surface area contributed by atoms with Crippen LogP contribution in [0.25, 0.3) is 10.2 Å². The van der Waals surface area contributed by atoms with Crippen molar-refractivity contribution in [2.75, 3.05) is 11.9 Å². The van der Waals surface area contributed by atoms with Gasteiger partial charge in [0.05, 0.1) is 5.39 Å². The van der Waals surface area contributed by atoms with Crippen LogP contribution in [0.15, 0.2) is 12.4 Å². The number of hydrogen-bond acceptors (Lipinski definition) is 4. The number of nitrogens with one attached hydrogen (secondary N) is 1. The van der Waals surface area contributed by atoms with E-state index < -0.39 is 0 Å². The van der Waals surface area contributed by atoms with E-state index in [-0.39, 0.29) is 0 Å². The zero-order valence-corrected chi connectivity index (χ0v) is 11.2. The summed E-state index contributed by atoms with van der Waals surface area (Å²) in [6.45, 7) is 3.06. The molecule has 2 aromatic rings. The third kappa shape index (κ3) is 2.24. The molecule has 1 fully saturated rings. The summed E-state index contributed by atoms with van der Waals surface area (Å²) >= 11 is 7.68. The molecular formula is C12H14ClN3S. The standard InChI is InChI=1S/C12H14ClN3S/c1-7-2-10-11(15-6-16-12(10)17-7)14-5-8-3-9(13)4-8/h2,6,8-9H,3-5H2,1H3,(H,14,15,16). The van der Waals surface area contributed by atoms with Gasteiger partial charge in [-0.25, -0.2) is 9.97 Å². The van der Waals surface area contributed by atoms with Crippen molar-refractivity contribution in [3.8, 4) is 0 Å². The first-order valence-electron chi connectivity index (χ1n) is 5.81. The van der Waals surface area contributed by atoms with Crippen molar-refractivity contribution < 1.29 is 0 Å². The van der Waals surface area contributed by atoms with Crippen molar-refractivity contribution >= 4 is 39.0 Å². The summed E-state index contributed by atoms with van der Waals surface area (Å²) in [5.74, 6) is 1.65. The molecular weight excluding hydrogens is 254 g/mol. The number of nitrogens with zero attached hydrogens (tertiary/aromatic N) is 2. The second-order valence-electron chi connectivity index (χ2n) is 4.61. The smallest absolute Gasteiger partial charge is 0.138 e. The Balaban J connectivity index is 1.75. The Kier molecular flexibility index (Phi) is 2.92. The summed E-state index contributed by atoms with van der Waals surface area (Å²) < 4.78 is 0. The Morgan fingerprint density at radius 2 is 2.29 bits per heavy atom. The van der Waals surface area contributed by atoms with E-state index in [1.807, 2.05) is 0 Å². The second-order valence-corrected chi connectivity index (χ2v) is 6.47. The van der Waals surface area contributed by atoms with E-state index in [0.29, 0.717) is 11.3 Å². The molecule has 5 heteroatoms. The summed E-state index contributed by atoms with van der Waals surface area (Å²) in [7, 11) is 0. The van der Waals surface area contributed by atoms with Gasteiger partial charge in [0.15, 0.2) is 0 Å². The molecule has 17 heavy (non-hydrogen) atoms. The van der Waals surface area contributed by atoms with Crippen molar-refractivity contribution in [1.29, 1.82) is 0 Å². The molecule has 3 rings (SSSR count). The summed E-state index contributed by atoms with van der Waals surface area (Å²) in [5.41, 5.74) is 0. The van der Waals surface area contributed by atoms with Gasteiger partial charge in [0.25, 0.3) is 0 Å². The quantitative estimate of drug-likeness (QED) is 0.866. The second kappa shape index (κ2) is 4.42. The van der Waals surface area contributed by atoms with E-state index in [2.05, 4.69) is 28.3 Å². The Labute approximate surface area is 109 Å². The van der Waals surface area contributed by atoms with E-state index >= 15 is 0 Å². The lowest BCUT2D eigenvalue weighted by Gasteiger charge is -2.31. The summed E-state index contributed by atoms with van der Waals surface area (Å²) in [6, 6.07) is 2.15. The zero-order valence-electron chi connectivity index (χ0n) is 9.61. The van der Waals surface area contributed by atoms with Gasteiger partial charge in [-0.1, -0.05) is 0 Å². The van der Waals surface area contributed by atoms with E-state index in [9.17, 15) is 0 Å². The minimum absolute atomic E-state index is 0.385. The van der Waals surface area contributed by atoms with Crippen LogP contribution >= 0.6 is 22.9 Å². The monoisotopic (exact) mass is 267 g/mol. The highest BCUT2D eigenvalue weighted by molar-refractivity contribution is 7.18. The molecule has 2 aromatic heterocycles. The lowest BCUT2D eigenvalue weighted by Crippen LogP contribution is -2.30. The van der Waals surface area contributed by atoms with Crippen LogP contribution in [0.4, 0.5) is 5.82 Å². The zero-order chi connectivity index (χ0) is 11.8. The summed E-state index contributed by atoms with van der Waals surface area (Å²) in [4.78, 5) is 10.9. The number of aryl methyl sites for hydroxylation is 1. The van der Waals surface area contributed by atoms with E-state index in [4.69, 9.17) is 11.6 Å². The van der Waals surface area contributed by atoms with Crippen molar-refractivity contribution in [3.05, 3.63) is 17.3 Å². The van der Waals surface area contributed by atoms with Gasteiger partial charge in [-0.2, -0.15) is 0 Å². The average Bonchev–Trinajstić information content (AvgIpc) is 2.63. The summed E-state index contributed by atoms with van der Waals surface area (Å²) in [6.07, 6.45) is 3.86. The predicted molar refractivity (Wildman–Crippen MR) is 73.0 cm³/mol. The van der Waals surface area contributed by atoms with Gasteiger partial charge < -0.3 is 5.32 Å². The Morgan fingerprint density at radius 3 is 3.06 bits per heavy atom. The number of aromatic nitrogens is 2. The molecule has 0 bridgehead atoms. The average molecular weight is 268 g/mol. The Bertz CT molecular complexity index is 534. The lowest BCUT2D eigenvalue weighted by molar-refractivity contribution is 0.341. The van der Waals surface area contributed by atoms with E-state index in [0.717, 1.165) is 35.4 Å². The molecule has 1 aliphatic rings. The highest BCUT2D eigenvalue weighted by Crippen LogP contribution is 2.33. The van der Waals surface area contributed by atoms with Crippen LogP contribution in [-0.2, 0) is 0 Å². The number of fused-ring (bicyclic) bond motifs is 1. The number of hydrogen-bond donors (Lipinski definition) is 1. The number of halogens is 1. The van der Waals surface area contributed by atoms with Gasteiger partial charge in [-0.3, -0.25) is 0 Å². The normalized spacial score (nSPS) is 23.6. The largest absolute Gasteiger partial charge is 0.369 e. The fraction of sp³-hybridized carbons (Fsp3) is 0.500. The first-order chi connectivity index (χ1) is 8.22. The van der Waals surface area contributed by atoms with Gasteiger partial charge in [0.2, 0.25) is 0 Å². The molecule has 1 aliphatic carbocycles. The maximum absolute atomic E-state index is 5.97. The third-order valence-corrected chi connectivity index (χ3v) is 4.50. The van der Waals surface area contributed by atoms with Crippen LogP contribution < -0.4 is 5.32 Å². The van der Waals surface area contributed by atoms with Crippen molar-refractivity contribution in [2.24, 2.45) is 5.92 Å². The highest BCUT2D eigenvalue weighted by Gasteiger charge is 2.26. The molecule has 0 saturated heterocycles. The number of thiophene rings is 1. The Hall–Kier alpha value is -0.870. The molecule has 0 radical (unpaired) electrons. The summed E-state index contributed by atoms with van der Waals surface area (Å²) in [5, 5.41) is 4.94. The first-order valence-corrected chi connectivity index (χ1v) is 7.07. The molecule has 0 unspecified atom stereocenters. The van der Waals surface area contributed by atoms with Crippen LogP contribution in [0.5, 0.6) is 0 Å². The molecule has 0 amide bonds. The predicted octanol–water partition coefficient (Wildman–Crippen LogP) is 3.43. The van der Waals surface area contributed by atoms with Gasteiger partial charge >= 0.3 is 0 Å². The van der Waals surface area contributed by atoms with Gasteiger partial charge in [0, 0.05) is 16.8 Å². The minimum Gasteiger partial charge on any atom is -0.369 e. The molecule has 3 nitrogen and oxygen atoms in total. The van der Waals surface area contributed by atoms with E-state index in [1.165, 1.54) is 4.88 Å². The van der Waals surface area contributed by atoms with Crippen LogP contribution in [0.3, 0.4) is 0 Å². The molecule has 1 saturated carbocycles. The van der Waals surface area contributed by atoms with Crippen LogP contribution in [-0.4, -0.2) is 21.9 Å². The Morgan fingerprint density at radius 1 is 1.47 bits per heavy atom. The maximum Gasteiger partial charge on any atom is 0.138 e. The van der Waals surface area contributed by atoms with Gasteiger partial charge in [-0.05, 0) is 31.7 Å². The van der Waals surface area contributed by atoms with Crippen LogP contribution in [0.1, 0.15) is 17.7 Å². The number of anilines is 1. The van der Waals surface area contributed by atoms with E-state index in [1.54, 1.807) is 17.7 Å². The SMILES string of the molecule is Cc1cc2c(NCC3CC(Cl)C3)ncnc2s1. The molecule has 0 aliphatic heterocycles. The molecule has 0 spiro atoms. The number of rotatable bonds is 3. The van der Waals surface area contributed by atoms with Gasteiger partial charge in [-0.15, -0.1) is 22.9 Å². The fourth-order valence-electron chi connectivity index (χ4n) is 2.18.